The van der Waals surface area contributed by atoms with Gasteiger partial charge in [0.1, 0.15) is 29.5 Å². The van der Waals surface area contributed by atoms with Gasteiger partial charge < -0.3 is 34.5 Å². The number of fused-ring (bicyclic) bond motifs is 1. The van der Waals surface area contributed by atoms with Crippen LogP contribution in [0, 0.1) is 10.1 Å². The highest BCUT2D eigenvalue weighted by atomic mass is 35.5. The number of nitro benzene ring substituents is 1. The van der Waals surface area contributed by atoms with E-state index in [-0.39, 0.29) is 17.0 Å². The van der Waals surface area contributed by atoms with Crippen molar-refractivity contribution in [2.45, 2.75) is 30.7 Å². The van der Waals surface area contributed by atoms with Gasteiger partial charge in [0.15, 0.2) is 0 Å². The van der Waals surface area contributed by atoms with E-state index in [9.17, 15) is 23.3 Å². The van der Waals surface area contributed by atoms with Crippen LogP contribution in [0.3, 0.4) is 0 Å². The number of H-pyrrole nitrogens is 1. The smallest absolute Gasteiger partial charge is 0.293 e. The highest BCUT2D eigenvalue weighted by Gasteiger charge is 2.27. The predicted molar refractivity (Wildman–Crippen MR) is 260 cm³/mol. The Labute approximate surface area is 390 Å². The van der Waals surface area contributed by atoms with Crippen LogP contribution in [-0.4, -0.2) is 119 Å². The fourth-order valence-corrected chi connectivity index (χ4v) is 9.51. The van der Waals surface area contributed by atoms with Gasteiger partial charge in [-0.3, -0.25) is 19.8 Å². The summed E-state index contributed by atoms with van der Waals surface area (Å²) in [7, 11) is -0.520. The third kappa shape index (κ3) is 11.6. The van der Waals surface area contributed by atoms with Gasteiger partial charge in [0.25, 0.3) is 21.6 Å². The van der Waals surface area contributed by atoms with Crippen LogP contribution >= 0.6 is 11.6 Å². The molecule has 8 rings (SSSR count). The van der Waals surface area contributed by atoms with Crippen LogP contribution in [0.4, 0.5) is 17.1 Å². The molecule has 0 atom stereocenters. The van der Waals surface area contributed by atoms with E-state index in [0.717, 1.165) is 90.8 Å². The first-order valence-corrected chi connectivity index (χ1v) is 24.1. The number of ether oxygens (including phenoxy) is 2. The lowest BCUT2D eigenvalue weighted by molar-refractivity contribution is -0.384. The summed E-state index contributed by atoms with van der Waals surface area (Å²) in [6.07, 6.45) is 4.94. The van der Waals surface area contributed by atoms with Crippen molar-refractivity contribution in [3.8, 4) is 28.4 Å². The Bertz CT molecular complexity index is 2770. The van der Waals surface area contributed by atoms with Gasteiger partial charge in [-0.15, -0.1) is 0 Å². The van der Waals surface area contributed by atoms with E-state index in [1.165, 1.54) is 25.0 Å². The number of piperazine rings is 1. The molecule has 2 aliphatic rings. The van der Waals surface area contributed by atoms with Crippen LogP contribution in [0.1, 0.15) is 35.2 Å². The Balaban J connectivity index is 0.986. The quantitative estimate of drug-likeness (QED) is 0.0404. The molecule has 0 aliphatic carbocycles. The number of halogens is 1. The molecule has 2 fully saturated rings. The summed E-state index contributed by atoms with van der Waals surface area (Å²) < 4.78 is 42.1. The minimum absolute atomic E-state index is 0.0247. The summed E-state index contributed by atoms with van der Waals surface area (Å²) in [6, 6.07) is 30.1. The second-order valence-corrected chi connectivity index (χ2v) is 19.1. The molecule has 0 radical (unpaired) electrons. The number of amides is 1. The van der Waals surface area contributed by atoms with E-state index in [0.29, 0.717) is 43.6 Å². The van der Waals surface area contributed by atoms with Gasteiger partial charge >= 0.3 is 0 Å². The summed E-state index contributed by atoms with van der Waals surface area (Å²) in [5, 5.41) is 16.8. The number of rotatable bonds is 19. The molecule has 15 nitrogen and oxygen atoms in total. The van der Waals surface area contributed by atoms with Crippen molar-refractivity contribution in [3.05, 3.63) is 136 Å². The van der Waals surface area contributed by atoms with E-state index in [1.807, 2.05) is 68.8 Å². The third-order valence-corrected chi connectivity index (χ3v) is 13.6. The molecule has 5 aromatic carbocycles. The highest BCUT2D eigenvalue weighted by Crippen LogP contribution is 2.35. The molecule has 2 saturated heterocycles. The molecule has 0 bridgehead atoms. The largest absolute Gasteiger partial charge is 0.492 e. The molecule has 1 aromatic heterocycles. The number of anilines is 2. The van der Waals surface area contributed by atoms with Crippen molar-refractivity contribution >= 4 is 55.5 Å². The van der Waals surface area contributed by atoms with Crippen molar-refractivity contribution in [3.63, 3.8) is 0 Å². The van der Waals surface area contributed by atoms with Gasteiger partial charge in [-0.2, -0.15) is 0 Å². The number of sulfonamides is 1. The summed E-state index contributed by atoms with van der Waals surface area (Å²) in [6.45, 7) is 8.36. The van der Waals surface area contributed by atoms with Crippen molar-refractivity contribution in [1.29, 1.82) is 0 Å². The van der Waals surface area contributed by atoms with E-state index in [2.05, 4.69) is 46.8 Å². The predicted octanol–water partition coefficient (Wildman–Crippen LogP) is 8.47. The van der Waals surface area contributed by atoms with Gasteiger partial charge in [-0.1, -0.05) is 29.8 Å². The molecular formula is C49H55ClN8O7S. The number of benzene rings is 5. The number of nitrogens with zero attached hydrogens (tertiary/aromatic N) is 5. The zero-order valence-electron chi connectivity index (χ0n) is 37.2. The first-order valence-electron chi connectivity index (χ1n) is 22.2. The first kappa shape index (κ1) is 46.4. The number of hydrogen-bond donors (Lipinski definition) is 3. The fraction of sp³-hybridized carbons (Fsp3) is 0.327. The van der Waals surface area contributed by atoms with Gasteiger partial charge in [-0.05, 0) is 142 Å². The number of hydrogen-bond acceptors (Lipinski definition) is 12. The van der Waals surface area contributed by atoms with E-state index in [1.54, 1.807) is 24.3 Å². The molecule has 1 amide bonds. The second-order valence-electron chi connectivity index (χ2n) is 16.9. The highest BCUT2D eigenvalue weighted by molar-refractivity contribution is 7.90. The van der Waals surface area contributed by atoms with Crippen molar-refractivity contribution in [1.82, 2.24) is 24.4 Å². The Morgan fingerprint density at radius 3 is 2.39 bits per heavy atom. The standard InChI is InChI=1S/C49H55ClN8O7S/c1-54(2)28-29-64-40-11-15-43(35-6-8-38(50)9-7-35)37(31-40)34-56-24-26-57(27-25-56)39-10-14-44(48(32-39)65-41-12-16-45-36(30-41)18-20-52-45)49(59)53-66(62,63)42-13-17-46(47(33-42)58(60)61)51-19-5-23-55-21-3-4-22-55/h6-18,20,30-33,51-52H,3-5,19,21-29,34H2,1-2H3,(H,53,59). The average molecular weight is 936 g/mol. The summed E-state index contributed by atoms with van der Waals surface area (Å²) in [4.78, 5) is 37.3. The zero-order chi connectivity index (χ0) is 46.2. The molecular weight excluding hydrogens is 880 g/mol. The lowest BCUT2D eigenvalue weighted by Crippen LogP contribution is -2.46. The molecule has 3 heterocycles. The number of likely N-dealkylation sites (tertiary alicyclic amines) is 1. The minimum atomic E-state index is -4.55. The van der Waals surface area contributed by atoms with Gasteiger partial charge in [-0.25, -0.2) is 13.1 Å². The van der Waals surface area contributed by atoms with Gasteiger partial charge in [0.05, 0.1) is 15.4 Å². The van der Waals surface area contributed by atoms with Crippen molar-refractivity contribution in [2.24, 2.45) is 0 Å². The number of aromatic nitrogens is 1. The third-order valence-electron chi connectivity index (χ3n) is 12.0. The van der Waals surface area contributed by atoms with Crippen LogP contribution in [0.5, 0.6) is 17.2 Å². The maximum absolute atomic E-state index is 14.0. The number of nitro groups is 1. The Morgan fingerprint density at radius 2 is 1.64 bits per heavy atom. The number of carbonyl (C=O) groups excluding carboxylic acids is 1. The minimum Gasteiger partial charge on any atom is -0.492 e. The second kappa shape index (κ2) is 21.0. The molecule has 2 aliphatic heterocycles. The van der Waals surface area contributed by atoms with Crippen LogP contribution < -0.4 is 24.4 Å². The Morgan fingerprint density at radius 1 is 0.864 bits per heavy atom. The van der Waals surface area contributed by atoms with Crippen LogP contribution in [0.2, 0.25) is 5.02 Å². The van der Waals surface area contributed by atoms with Gasteiger partial charge in [0.2, 0.25) is 0 Å². The zero-order valence-corrected chi connectivity index (χ0v) is 38.7. The average Bonchev–Trinajstić information content (AvgIpc) is 4.01. The molecule has 17 heteroatoms. The van der Waals surface area contributed by atoms with Crippen LogP contribution in [0.15, 0.2) is 114 Å². The van der Waals surface area contributed by atoms with Crippen molar-refractivity contribution in [2.75, 3.05) is 89.8 Å². The van der Waals surface area contributed by atoms with Crippen LogP contribution in [0.25, 0.3) is 22.0 Å². The van der Waals surface area contributed by atoms with E-state index < -0.39 is 31.4 Å². The SMILES string of the molecule is CN(C)CCOc1ccc(-c2ccc(Cl)cc2)c(CN2CCN(c3ccc(C(=O)NS(=O)(=O)c4ccc(NCCCN5CCCC5)c([N+](=O)[O-])c4)c(Oc4ccc5[nH]ccc5c4)c3)CC2)c1. The van der Waals surface area contributed by atoms with E-state index in [4.69, 9.17) is 21.1 Å². The number of likely N-dealkylation sites (N-methyl/N-ethyl adjacent to an activating group) is 1. The van der Waals surface area contributed by atoms with Crippen LogP contribution in [-0.2, 0) is 16.6 Å². The molecule has 0 saturated carbocycles. The molecule has 66 heavy (non-hydrogen) atoms. The first-order chi connectivity index (χ1) is 31.9. The normalized spacial score (nSPS) is 14.8. The topological polar surface area (TPSA) is 166 Å². The lowest BCUT2D eigenvalue weighted by Gasteiger charge is -2.36. The maximum atomic E-state index is 14.0. The molecule has 3 N–H and O–H groups in total. The maximum Gasteiger partial charge on any atom is 0.293 e. The fourth-order valence-electron chi connectivity index (χ4n) is 8.40. The summed E-state index contributed by atoms with van der Waals surface area (Å²) >= 11 is 6.24. The van der Waals surface area contributed by atoms with Crippen molar-refractivity contribution < 1.29 is 27.6 Å². The Kier molecular flexibility index (Phi) is 14.7. The molecule has 6 aromatic rings. The summed E-state index contributed by atoms with van der Waals surface area (Å²) in [5.74, 6) is 0.467. The lowest BCUT2D eigenvalue weighted by atomic mass is 9.98. The number of nitrogens with one attached hydrogen (secondary N) is 3. The van der Waals surface area contributed by atoms with Gasteiger partial charge in [0, 0.05) is 85.8 Å². The molecule has 346 valence electrons. The monoisotopic (exact) mass is 934 g/mol. The Hall–Kier alpha value is -6.17. The van der Waals surface area contributed by atoms with E-state index >= 15 is 0 Å². The number of carbonyl (C=O) groups is 1. The molecule has 0 spiro atoms. The summed E-state index contributed by atoms with van der Waals surface area (Å²) in [5.41, 5.74) is 4.79. The molecule has 0 unspecified atom stereocenters. The number of aromatic amines is 1.